The molecular weight excluding hydrogens is 220 g/mol. The van der Waals surface area contributed by atoms with Crippen LogP contribution in [0.25, 0.3) is 10.9 Å². The summed E-state index contributed by atoms with van der Waals surface area (Å²) in [6.45, 7) is 3.60. The Bertz CT molecular complexity index is 542. The number of aryl methyl sites for hydroxylation is 1. The van der Waals surface area contributed by atoms with Crippen molar-refractivity contribution in [1.82, 2.24) is 4.90 Å². The number of nitrogens with zero attached hydrogens (tertiary/aromatic N) is 2. The molecule has 2 nitrogen and oxygen atoms in total. The van der Waals surface area contributed by atoms with E-state index in [2.05, 4.69) is 52.9 Å². The van der Waals surface area contributed by atoms with Gasteiger partial charge in [-0.25, -0.2) is 0 Å². The molecule has 1 aliphatic heterocycles. The van der Waals surface area contributed by atoms with E-state index >= 15 is 0 Å². The van der Waals surface area contributed by atoms with Gasteiger partial charge in [0.05, 0.1) is 6.54 Å². The predicted molar refractivity (Wildman–Crippen MR) is 74.3 cm³/mol. The first-order chi connectivity index (χ1) is 8.84. The molecule has 3 rings (SSSR count). The van der Waals surface area contributed by atoms with Gasteiger partial charge in [0.1, 0.15) is 7.05 Å². The van der Waals surface area contributed by atoms with E-state index in [1.165, 1.54) is 48.9 Å². The molecule has 0 N–H and O–H groups in total. The first-order valence-electron chi connectivity index (χ1n) is 6.93. The van der Waals surface area contributed by atoms with Crippen molar-refractivity contribution >= 4 is 10.9 Å². The summed E-state index contributed by atoms with van der Waals surface area (Å²) >= 11 is 0. The van der Waals surface area contributed by atoms with Crippen molar-refractivity contribution < 1.29 is 4.57 Å². The lowest BCUT2D eigenvalue weighted by atomic mass is 10.1. The summed E-state index contributed by atoms with van der Waals surface area (Å²) in [6, 6.07) is 13.1. The summed E-state index contributed by atoms with van der Waals surface area (Å²) in [7, 11) is 2.18. The van der Waals surface area contributed by atoms with Crippen molar-refractivity contribution in [2.24, 2.45) is 7.05 Å². The van der Waals surface area contributed by atoms with E-state index in [0.29, 0.717) is 0 Å². The van der Waals surface area contributed by atoms with Crippen LogP contribution in [0.5, 0.6) is 0 Å². The molecule has 2 heterocycles. The minimum atomic E-state index is 1.08. The van der Waals surface area contributed by atoms with Crippen LogP contribution in [-0.4, -0.2) is 18.0 Å². The molecule has 2 heteroatoms. The molecule has 0 aliphatic carbocycles. The quantitative estimate of drug-likeness (QED) is 0.733. The van der Waals surface area contributed by atoms with Gasteiger partial charge in [-0.3, -0.25) is 4.90 Å². The van der Waals surface area contributed by atoms with Crippen molar-refractivity contribution in [2.45, 2.75) is 25.8 Å². The van der Waals surface area contributed by atoms with Crippen LogP contribution in [0.4, 0.5) is 0 Å². The van der Waals surface area contributed by atoms with Crippen LogP contribution in [0.15, 0.2) is 36.4 Å². The number of piperidine rings is 1. The van der Waals surface area contributed by atoms with E-state index in [1.807, 2.05) is 0 Å². The van der Waals surface area contributed by atoms with E-state index in [1.54, 1.807) is 0 Å². The molecule has 1 aromatic heterocycles. The van der Waals surface area contributed by atoms with Crippen LogP contribution < -0.4 is 4.57 Å². The highest BCUT2D eigenvalue weighted by Gasteiger charge is 2.16. The zero-order chi connectivity index (χ0) is 12.4. The van der Waals surface area contributed by atoms with Crippen LogP contribution in [0.2, 0.25) is 0 Å². The second kappa shape index (κ2) is 5.07. The largest absolute Gasteiger partial charge is 0.294 e. The molecule has 0 bridgehead atoms. The second-order valence-corrected chi connectivity index (χ2v) is 5.28. The molecule has 1 saturated heterocycles. The SMILES string of the molecule is C[n+]1c(CN2CCCCC2)ccc2ccccc21. The summed E-state index contributed by atoms with van der Waals surface area (Å²) in [4.78, 5) is 2.58. The van der Waals surface area contributed by atoms with Gasteiger partial charge < -0.3 is 0 Å². The third-order valence-electron chi connectivity index (χ3n) is 4.02. The normalized spacial score (nSPS) is 17.2. The van der Waals surface area contributed by atoms with Gasteiger partial charge in [-0.1, -0.05) is 18.6 Å². The summed E-state index contributed by atoms with van der Waals surface area (Å²) in [5.74, 6) is 0. The van der Waals surface area contributed by atoms with E-state index in [0.717, 1.165) is 6.54 Å². The van der Waals surface area contributed by atoms with E-state index in [4.69, 9.17) is 0 Å². The number of likely N-dealkylation sites (tertiary alicyclic amines) is 1. The minimum absolute atomic E-state index is 1.08. The number of rotatable bonds is 2. The fourth-order valence-corrected chi connectivity index (χ4v) is 2.89. The Morgan fingerprint density at radius 2 is 1.78 bits per heavy atom. The predicted octanol–water partition coefficient (Wildman–Crippen LogP) is 2.65. The highest BCUT2D eigenvalue weighted by Crippen LogP contribution is 2.14. The van der Waals surface area contributed by atoms with Crippen molar-refractivity contribution in [3.63, 3.8) is 0 Å². The van der Waals surface area contributed by atoms with E-state index in [9.17, 15) is 0 Å². The molecule has 0 radical (unpaired) electrons. The lowest BCUT2D eigenvalue weighted by Crippen LogP contribution is -2.39. The van der Waals surface area contributed by atoms with Gasteiger partial charge in [-0.15, -0.1) is 0 Å². The average Bonchev–Trinajstić information content (AvgIpc) is 2.43. The van der Waals surface area contributed by atoms with Gasteiger partial charge >= 0.3 is 0 Å². The number of hydrogen-bond acceptors (Lipinski definition) is 1. The molecule has 0 spiro atoms. The van der Waals surface area contributed by atoms with Gasteiger partial charge in [0.15, 0.2) is 5.69 Å². The van der Waals surface area contributed by atoms with Crippen LogP contribution in [0.1, 0.15) is 25.0 Å². The first-order valence-corrected chi connectivity index (χ1v) is 6.93. The Morgan fingerprint density at radius 3 is 2.61 bits per heavy atom. The topological polar surface area (TPSA) is 7.12 Å². The van der Waals surface area contributed by atoms with Crippen LogP contribution in [0, 0.1) is 0 Å². The lowest BCUT2D eigenvalue weighted by molar-refractivity contribution is -0.654. The summed E-state index contributed by atoms with van der Waals surface area (Å²) in [5, 5.41) is 1.32. The van der Waals surface area contributed by atoms with Crippen molar-refractivity contribution in [3.8, 4) is 0 Å². The third kappa shape index (κ3) is 2.25. The maximum absolute atomic E-state index is 2.58. The number of hydrogen-bond donors (Lipinski definition) is 0. The number of aromatic nitrogens is 1. The average molecular weight is 241 g/mol. The molecular formula is C16H21N2+. The lowest BCUT2D eigenvalue weighted by Gasteiger charge is -2.25. The first kappa shape index (κ1) is 11.7. The zero-order valence-corrected chi connectivity index (χ0v) is 11.1. The van der Waals surface area contributed by atoms with Crippen LogP contribution >= 0.6 is 0 Å². The highest BCUT2D eigenvalue weighted by molar-refractivity contribution is 5.75. The fourth-order valence-electron chi connectivity index (χ4n) is 2.89. The maximum Gasteiger partial charge on any atom is 0.212 e. The molecule has 1 fully saturated rings. The van der Waals surface area contributed by atoms with E-state index < -0.39 is 0 Å². The standard InChI is InChI=1S/C16H21N2/c1-17-15(13-18-11-5-2-6-12-18)10-9-14-7-3-4-8-16(14)17/h3-4,7-10H,2,5-6,11-13H2,1H3/q+1. The summed E-state index contributed by atoms with van der Waals surface area (Å²) < 4.78 is 2.34. The molecule has 0 unspecified atom stereocenters. The van der Waals surface area contributed by atoms with Crippen molar-refractivity contribution in [2.75, 3.05) is 13.1 Å². The van der Waals surface area contributed by atoms with Crippen molar-refractivity contribution in [1.29, 1.82) is 0 Å². The molecule has 1 aromatic carbocycles. The second-order valence-electron chi connectivity index (χ2n) is 5.28. The molecule has 18 heavy (non-hydrogen) atoms. The molecule has 2 aromatic rings. The number of fused-ring (bicyclic) bond motifs is 1. The number of para-hydroxylation sites is 1. The smallest absolute Gasteiger partial charge is 0.212 e. The Balaban J connectivity index is 1.89. The molecule has 0 amide bonds. The number of benzene rings is 1. The van der Waals surface area contributed by atoms with Gasteiger partial charge in [0.2, 0.25) is 5.52 Å². The Hall–Kier alpha value is -1.41. The Morgan fingerprint density at radius 1 is 1.00 bits per heavy atom. The highest BCUT2D eigenvalue weighted by atomic mass is 15.1. The van der Waals surface area contributed by atoms with Crippen molar-refractivity contribution in [3.05, 3.63) is 42.1 Å². The van der Waals surface area contributed by atoms with Gasteiger partial charge in [0, 0.05) is 17.5 Å². The maximum atomic E-state index is 2.58. The molecule has 94 valence electrons. The fraction of sp³-hybridized carbons (Fsp3) is 0.438. The van der Waals surface area contributed by atoms with Crippen LogP contribution in [-0.2, 0) is 13.6 Å². The summed E-state index contributed by atoms with van der Waals surface area (Å²) in [5.41, 5.74) is 2.74. The van der Waals surface area contributed by atoms with Gasteiger partial charge in [-0.2, -0.15) is 4.57 Å². The Labute approximate surface area is 109 Å². The molecule has 1 aliphatic rings. The monoisotopic (exact) mass is 241 g/mol. The minimum Gasteiger partial charge on any atom is -0.294 e. The Kier molecular flexibility index (Phi) is 3.28. The van der Waals surface area contributed by atoms with Gasteiger partial charge in [-0.05, 0) is 38.1 Å². The zero-order valence-electron chi connectivity index (χ0n) is 11.1. The number of pyridine rings is 1. The van der Waals surface area contributed by atoms with Gasteiger partial charge in [0.25, 0.3) is 0 Å². The molecule has 0 saturated carbocycles. The third-order valence-corrected chi connectivity index (χ3v) is 4.02. The summed E-state index contributed by atoms with van der Waals surface area (Å²) in [6.07, 6.45) is 4.12. The van der Waals surface area contributed by atoms with Crippen LogP contribution in [0.3, 0.4) is 0 Å². The molecule has 0 atom stereocenters. The van der Waals surface area contributed by atoms with E-state index in [-0.39, 0.29) is 0 Å².